The van der Waals surface area contributed by atoms with Crippen LogP contribution < -0.4 is 15.9 Å². The normalized spacial score (nSPS) is 16.8. The second-order valence-electron chi connectivity index (χ2n) is 3.86. The standard InChI is InChI=1S/C12H19N3O2/c1-2-17-11-5-3-4-10(12(11)13)14-15-6-8-16-9-7-15/h3-5,14H,2,6-9,13H2,1H3. The molecule has 1 aromatic rings. The van der Waals surface area contributed by atoms with E-state index in [1.165, 1.54) is 0 Å². The van der Waals surface area contributed by atoms with E-state index in [1.807, 2.05) is 25.1 Å². The lowest BCUT2D eigenvalue weighted by Gasteiger charge is -2.28. The number of nitrogens with zero attached hydrogens (tertiary/aromatic N) is 1. The lowest BCUT2D eigenvalue weighted by atomic mass is 10.2. The van der Waals surface area contributed by atoms with Crippen molar-refractivity contribution in [1.29, 1.82) is 0 Å². The molecule has 5 nitrogen and oxygen atoms in total. The molecule has 3 N–H and O–H groups in total. The number of hydrazine groups is 1. The smallest absolute Gasteiger partial charge is 0.144 e. The summed E-state index contributed by atoms with van der Waals surface area (Å²) in [6.45, 7) is 5.78. The van der Waals surface area contributed by atoms with Gasteiger partial charge in [0.2, 0.25) is 0 Å². The van der Waals surface area contributed by atoms with Gasteiger partial charge in [0, 0.05) is 13.1 Å². The number of hydrogen-bond acceptors (Lipinski definition) is 5. The number of nitrogens with one attached hydrogen (secondary N) is 1. The largest absolute Gasteiger partial charge is 0.492 e. The first kappa shape index (κ1) is 12.0. The van der Waals surface area contributed by atoms with Crippen molar-refractivity contribution in [2.24, 2.45) is 0 Å². The Morgan fingerprint density at radius 3 is 2.88 bits per heavy atom. The van der Waals surface area contributed by atoms with Gasteiger partial charge in [-0.25, -0.2) is 5.01 Å². The Labute approximate surface area is 101 Å². The zero-order valence-corrected chi connectivity index (χ0v) is 10.1. The van der Waals surface area contributed by atoms with Crippen LogP contribution in [0, 0.1) is 0 Å². The van der Waals surface area contributed by atoms with Crippen molar-refractivity contribution < 1.29 is 9.47 Å². The highest BCUT2D eigenvalue weighted by atomic mass is 16.5. The number of para-hydroxylation sites is 1. The third-order valence-corrected chi connectivity index (χ3v) is 2.66. The highest BCUT2D eigenvalue weighted by Crippen LogP contribution is 2.29. The van der Waals surface area contributed by atoms with Gasteiger partial charge in [-0.2, -0.15) is 0 Å². The maximum atomic E-state index is 6.04. The summed E-state index contributed by atoms with van der Waals surface area (Å²) in [4.78, 5) is 0. The maximum absolute atomic E-state index is 6.04. The predicted octanol–water partition coefficient (Wildman–Crippen LogP) is 1.33. The van der Waals surface area contributed by atoms with E-state index in [9.17, 15) is 0 Å². The quantitative estimate of drug-likeness (QED) is 0.774. The molecule has 1 aliphatic heterocycles. The van der Waals surface area contributed by atoms with Gasteiger partial charge in [0.05, 0.1) is 31.2 Å². The number of nitrogen functional groups attached to an aromatic ring is 1. The molecule has 0 bridgehead atoms. The first-order chi connectivity index (χ1) is 8.31. The molecule has 0 atom stereocenters. The van der Waals surface area contributed by atoms with Crippen LogP contribution in [0.25, 0.3) is 0 Å². The zero-order valence-electron chi connectivity index (χ0n) is 10.1. The summed E-state index contributed by atoms with van der Waals surface area (Å²) in [5.74, 6) is 0.728. The minimum absolute atomic E-state index is 0.616. The van der Waals surface area contributed by atoms with Crippen LogP contribution in [0.3, 0.4) is 0 Å². The van der Waals surface area contributed by atoms with Crippen LogP contribution in [0.15, 0.2) is 18.2 Å². The number of rotatable bonds is 4. The van der Waals surface area contributed by atoms with E-state index in [1.54, 1.807) is 0 Å². The molecular formula is C12H19N3O2. The molecule has 1 heterocycles. The van der Waals surface area contributed by atoms with E-state index in [-0.39, 0.29) is 0 Å². The Morgan fingerprint density at radius 2 is 2.18 bits per heavy atom. The Hall–Kier alpha value is -1.46. The fraction of sp³-hybridized carbons (Fsp3) is 0.500. The van der Waals surface area contributed by atoms with Crippen LogP contribution in [-0.4, -0.2) is 37.9 Å². The van der Waals surface area contributed by atoms with Crippen LogP contribution in [0.2, 0.25) is 0 Å². The lowest BCUT2D eigenvalue weighted by molar-refractivity contribution is 0.0497. The number of morpholine rings is 1. The molecule has 0 aromatic heterocycles. The van der Waals surface area contributed by atoms with Gasteiger partial charge in [-0.3, -0.25) is 0 Å². The zero-order chi connectivity index (χ0) is 12.1. The van der Waals surface area contributed by atoms with E-state index in [2.05, 4.69) is 10.4 Å². The molecule has 1 aliphatic rings. The average Bonchev–Trinajstić information content (AvgIpc) is 2.36. The van der Waals surface area contributed by atoms with E-state index in [4.69, 9.17) is 15.2 Å². The first-order valence-electron chi connectivity index (χ1n) is 5.92. The molecule has 0 unspecified atom stereocenters. The van der Waals surface area contributed by atoms with Crippen LogP contribution in [0.5, 0.6) is 5.75 Å². The summed E-state index contributed by atoms with van der Waals surface area (Å²) < 4.78 is 10.8. The van der Waals surface area contributed by atoms with Crippen molar-refractivity contribution in [2.45, 2.75) is 6.92 Å². The maximum Gasteiger partial charge on any atom is 0.144 e. The molecule has 0 spiro atoms. The van der Waals surface area contributed by atoms with Crippen molar-refractivity contribution in [1.82, 2.24) is 5.01 Å². The summed E-state index contributed by atoms with van der Waals surface area (Å²) in [5.41, 5.74) is 10.9. The summed E-state index contributed by atoms with van der Waals surface area (Å²) >= 11 is 0. The van der Waals surface area contributed by atoms with E-state index >= 15 is 0 Å². The molecule has 1 saturated heterocycles. The molecule has 1 fully saturated rings. The van der Waals surface area contributed by atoms with Gasteiger partial charge in [-0.05, 0) is 19.1 Å². The van der Waals surface area contributed by atoms with Crippen LogP contribution in [0.4, 0.5) is 11.4 Å². The van der Waals surface area contributed by atoms with Gasteiger partial charge in [0.15, 0.2) is 0 Å². The molecule has 0 amide bonds. The fourth-order valence-electron chi connectivity index (χ4n) is 1.77. The molecule has 17 heavy (non-hydrogen) atoms. The van der Waals surface area contributed by atoms with Gasteiger partial charge < -0.3 is 20.6 Å². The number of hydrogen-bond donors (Lipinski definition) is 2. The minimum atomic E-state index is 0.616. The van der Waals surface area contributed by atoms with Crippen molar-refractivity contribution in [2.75, 3.05) is 44.1 Å². The van der Waals surface area contributed by atoms with Crippen molar-refractivity contribution in [3.63, 3.8) is 0 Å². The van der Waals surface area contributed by atoms with Crippen molar-refractivity contribution in [3.05, 3.63) is 18.2 Å². The third-order valence-electron chi connectivity index (χ3n) is 2.66. The van der Waals surface area contributed by atoms with Crippen LogP contribution in [0.1, 0.15) is 6.92 Å². The predicted molar refractivity (Wildman–Crippen MR) is 68.0 cm³/mol. The molecule has 0 aliphatic carbocycles. The highest BCUT2D eigenvalue weighted by molar-refractivity contribution is 5.72. The Bertz CT molecular complexity index is 365. The van der Waals surface area contributed by atoms with Gasteiger partial charge in [-0.1, -0.05) is 6.07 Å². The average molecular weight is 237 g/mol. The second-order valence-corrected chi connectivity index (χ2v) is 3.86. The van der Waals surface area contributed by atoms with Crippen LogP contribution >= 0.6 is 0 Å². The van der Waals surface area contributed by atoms with E-state index in [0.29, 0.717) is 12.3 Å². The topological polar surface area (TPSA) is 59.8 Å². The molecule has 0 radical (unpaired) electrons. The monoisotopic (exact) mass is 237 g/mol. The molecule has 0 saturated carbocycles. The number of ether oxygens (including phenoxy) is 2. The lowest BCUT2D eigenvalue weighted by Crippen LogP contribution is -2.40. The number of nitrogens with two attached hydrogens (primary N) is 1. The van der Waals surface area contributed by atoms with Crippen LogP contribution in [-0.2, 0) is 4.74 Å². The first-order valence-corrected chi connectivity index (χ1v) is 5.92. The fourth-order valence-corrected chi connectivity index (χ4v) is 1.77. The Balaban J connectivity index is 2.06. The highest BCUT2D eigenvalue weighted by Gasteiger charge is 2.12. The third kappa shape index (κ3) is 3.01. The molecule has 1 aromatic carbocycles. The SMILES string of the molecule is CCOc1cccc(NN2CCOCC2)c1N. The molecule has 5 heteroatoms. The Morgan fingerprint density at radius 1 is 1.41 bits per heavy atom. The molecular weight excluding hydrogens is 218 g/mol. The Kier molecular flexibility index (Phi) is 4.06. The van der Waals surface area contributed by atoms with Gasteiger partial charge >= 0.3 is 0 Å². The van der Waals surface area contributed by atoms with E-state index in [0.717, 1.165) is 37.7 Å². The summed E-state index contributed by atoms with van der Waals surface area (Å²) in [6.07, 6.45) is 0. The second kappa shape index (κ2) is 5.75. The summed E-state index contributed by atoms with van der Waals surface area (Å²) in [7, 11) is 0. The van der Waals surface area contributed by atoms with Gasteiger partial charge in [0.1, 0.15) is 5.75 Å². The number of anilines is 2. The van der Waals surface area contributed by atoms with Crippen molar-refractivity contribution >= 4 is 11.4 Å². The summed E-state index contributed by atoms with van der Waals surface area (Å²) in [6, 6.07) is 5.76. The number of benzene rings is 1. The van der Waals surface area contributed by atoms with Crippen molar-refractivity contribution in [3.8, 4) is 5.75 Å². The minimum Gasteiger partial charge on any atom is -0.492 e. The van der Waals surface area contributed by atoms with Gasteiger partial charge in [-0.15, -0.1) is 0 Å². The summed E-state index contributed by atoms with van der Waals surface area (Å²) in [5, 5.41) is 2.10. The molecule has 2 rings (SSSR count). The molecule has 94 valence electrons. The van der Waals surface area contributed by atoms with E-state index < -0.39 is 0 Å². The van der Waals surface area contributed by atoms with Gasteiger partial charge in [0.25, 0.3) is 0 Å².